The largest absolute Gasteiger partial charge is 0.478 e. The average Bonchev–Trinajstić information content (AvgIpc) is 2.34. The summed E-state index contributed by atoms with van der Waals surface area (Å²) in [4.78, 5) is 15.0. The van der Waals surface area contributed by atoms with Crippen molar-refractivity contribution in [3.8, 4) is 0 Å². The maximum atomic E-state index is 11.0. The number of carboxylic acid groups (broad SMARTS) is 1. The molecule has 0 heterocycles. The number of carbonyl (C=O) groups is 1. The molecule has 0 fully saturated rings. The predicted molar refractivity (Wildman–Crippen MR) is 74.0 cm³/mol. The highest BCUT2D eigenvalue weighted by atomic mass is 16.4. The number of carboxylic acids is 1. The zero-order valence-electron chi connectivity index (χ0n) is 10.9. The second-order valence-corrected chi connectivity index (χ2v) is 4.07. The maximum absolute atomic E-state index is 11.0. The Balaban J connectivity index is 3.36. The monoisotopic (exact) mass is 246 g/mol. The van der Waals surface area contributed by atoms with Gasteiger partial charge in [-0.3, -0.25) is 4.99 Å². The number of nitrogens with two attached hydrogens (primary N) is 1. The SMILES string of the molecule is CC/C(C=NC)=C(/N)c1cc(C)cc(C(=O)O)c1. The lowest BCUT2D eigenvalue weighted by atomic mass is 10.0. The minimum Gasteiger partial charge on any atom is -0.478 e. The van der Waals surface area contributed by atoms with Gasteiger partial charge in [-0.2, -0.15) is 0 Å². The van der Waals surface area contributed by atoms with Crippen LogP contribution in [-0.4, -0.2) is 24.3 Å². The minimum atomic E-state index is -0.949. The lowest BCUT2D eigenvalue weighted by molar-refractivity contribution is 0.0696. The fourth-order valence-electron chi connectivity index (χ4n) is 1.75. The van der Waals surface area contributed by atoms with E-state index < -0.39 is 5.97 Å². The lowest BCUT2D eigenvalue weighted by Crippen LogP contribution is -2.05. The van der Waals surface area contributed by atoms with Gasteiger partial charge in [0.1, 0.15) is 0 Å². The van der Waals surface area contributed by atoms with Crippen LogP contribution in [0.1, 0.15) is 34.8 Å². The number of benzene rings is 1. The van der Waals surface area contributed by atoms with Crippen LogP contribution in [0.3, 0.4) is 0 Å². The van der Waals surface area contributed by atoms with E-state index in [0.717, 1.165) is 23.1 Å². The zero-order valence-corrected chi connectivity index (χ0v) is 10.9. The Kier molecular flexibility index (Phi) is 4.66. The number of hydrogen-bond donors (Lipinski definition) is 2. The number of hydrogen-bond acceptors (Lipinski definition) is 3. The molecule has 3 N–H and O–H groups in total. The van der Waals surface area contributed by atoms with Crippen LogP contribution in [0.4, 0.5) is 0 Å². The predicted octanol–water partition coefficient (Wildman–Crippen LogP) is 2.47. The molecule has 0 aliphatic rings. The van der Waals surface area contributed by atoms with Crippen LogP contribution in [0.15, 0.2) is 28.8 Å². The van der Waals surface area contributed by atoms with Crippen LogP contribution >= 0.6 is 0 Å². The molecule has 18 heavy (non-hydrogen) atoms. The van der Waals surface area contributed by atoms with E-state index in [4.69, 9.17) is 10.8 Å². The van der Waals surface area contributed by atoms with Crippen molar-refractivity contribution in [1.82, 2.24) is 0 Å². The Bertz CT molecular complexity index is 517. The van der Waals surface area contributed by atoms with E-state index in [9.17, 15) is 4.79 Å². The van der Waals surface area contributed by atoms with Gasteiger partial charge < -0.3 is 10.8 Å². The Labute approximate surface area is 107 Å². The molecule has 0 aliphatic heterocycles. The molecule has 1 aromatic rings. The Morgan fingerprint density at radius 1 is 1.39 bits per heavy atom. The van der Waals surface area contributed by atoms with Crippen molar-refractivity contribution >= 4 is 17.9 Å². The number of aromatic carboxylic acids is 1. The summed E-state index contributed by atoms with van der Waals surface area (Å²) >= 11 is 0. The van der Waals surface area contributed by atoms with E-state index in [1.165, 1.54) is 0 Å². The maximum Gasteiger partial charge on any atom is 0.335 e. The number of aliphatic imine (C=N–C) groups is 1. The van der Waals surface area contributed by atoms with Gasteiger partial charge in [0.15, 0.2) is 0 Å². The molecule has 0 spiro atoms. The van der Waals surface area contributed by atoms with Gasteiger partial charge in [0.2, 0.25) is 0 Å². The Morgan fingerprint density at radius 2 is 2.00 bits per heavy atom. The molecule has 0 bridgehead atoms. The molecular weight excluding hydrogens is 228 g/mol. The molecule has 1 rings (SSSR count). The molecule has 4 heteroatoms. The molecule has 1 aromatic carbocycles. The summed E-state index contributed by atoms with van der Waals surface area (Å²) < 4.78 is 0. The molecule has 0 atom stereocenters. The van der Waals surface area contributed by atoms with Crippen LogP contribution in [0.5, 0.6) is 0 Å². The molecule has 0 saturated carbocycles. The van der Waals surface area contributed by atoms with Gasteiger partial charge in [-0.05, 0) is 48.2 Å². The summed E-state index contributed by atoms with van der Waals surface area (Å²) in [5.74, 6) is -0.949. The molecule has 4 nitrogen and oxygen atoms in total. The van der Waals surface area contributed by atoms with E-state index in [1.54, 1.807) is 25.4 Å². The molecule has 0 aromatic heterocycles. The first kappa shape index (κ1) is 14.0. The average molecular weight is 246 g/mol. The van der Waals surface area contributed by atoms with Crippen LogP contribution < -0.4 is 5.73 Å². The first-order valence-electron chi connectivity index (χ1n) is 5.75. The minimum absolute atomic E-state index is 0.247. The van der Waals surface area contributed by atoms with Gasteiger partial charge in [-0.1, -0.05) is 6.92 Å². The highest BCUT2D eigenvalue weighted by Crippen LogP contribution is 2.18. The first-order chi connectivity index (χ1) is 8.49. The number of rotatable bonds is 4. The fraction of sp³-hybridized carbons (Fsp3) is 0.286. The fourth-order valence-corrected chi connectivity index (χ4v) is 1.75. The quantitative estimate of drug-likeness (QED) is 0.801. The molecule has 0 amide bonds. The van der Waals surface area contributed by atoms with Crippen molar-refractivity contribution in [2.75, 3.05) is 7.05 Å². The van der Waals surface area contributed by atoms with Crippen LogP contribution in [-0.2, 0) is 0 Å². The summed E-state index contributed by atoms with van der Waals surface area (Å²) in [7, 11) is 1.68. The van der Waals surface area contributed by atoms with Gasteiger partial charge in [0.25, 0.3) is 0 Å². The third-order valence-corrected chi connectivity index (χ3v) is 2.65. The molecule has 0 saturated heterocycles. The zero-order chi connectivity index (χ0) is 13.7. The van der Waals surface area contributed by atoms with Crippen molar-refractivity contribution in [3.63, 3.8) is 0 Å². The smallest absolute Gasteiger partial charge is 0.335 e. The normalized spacial score (nSPS) is 12.6. The van der Waals surface area contributed by atoms with Crippen molar-refractivity contribution in [1.29, 1.82) is 0 Å². The van der Waals surface area contributed by atoms with Gasteiger partial charge in [0.05, 0.1) is 5.56 Å². The number of nitrogens with zero attached hydrogens (tertiary/aromatic N) is 1. The van der Waals surface area contributed by atoms with Gasteiger partial charge >= 0.3 is 5.97 Å². The topological polar surface area (TPSA) is 75.7 Å². The third kappa shape index (κ3) is 3.20. The summed E-state index contributed by atoms with van der Waals surface area (Å²) in [6.45, 7) is 3.83. The molecular formula is C14H18N2O2. The van der Waals surface area contributed by atoms with Crippen LogP contribution in [0.25, 0.3) is 5.70 Å². The molecule has 96 valence electrons. The van der Waals surface area contributed by atoms with Gasteiger partial charge in [-0.15, -0.1) is 0 Å². The second-order valence-electron chi connectivity index (χ2n) is 4.07. The lowest BCUT2D eigenvalue weighted by Gasteiger charge is -2.09. The molecule has 0 aliphatic carbocycles. The van der Waals surface area contributed by atoms with E-state index >= 15 is 0 Å². The third-order valence-electron chi connectivity index (χ3n) is 2.65. The van der Waals surface area contributed by atoms with Crippen LogP contribution in [0, 0.1) is 6.92 Å². The Hall–Kier alpha value is -2.10. The van der Waals surface area contributed by atoms with Crippen molar-refractivity contribution < 1.29 is 9.90 Å². The molecule has 0 unspecified atom stereocenters. The number of aryl methyl sites for hydroxylation is 1. The second kappa shape index (κ2) is 6.00. The highest BCUT2D eigenvalue weighted by Gasteiger charge is 2.09. The van der Waals surface area contributed by atoms with Gasteiger partial charge in [-0.25, -0.2) is 4.79 Å². The Morgan fingerprint density at radius 3 is 2.50 bits per heavy atom. The number of allylic oxidation sites excluding steroid dienone is 1. The van der Waals surface area contributed by atoms with Gasteiger partial charge in [0, 0.05) is 19.0 Å². The van der Waals surface area contributed by atoms with E-state index in [2.05, 4.69) is 4.99 Å². The summed E-state index contributed by atoms with van der Waals surface area (Å²) in [6.07, 6.45) is 2.46. The summed E-state index contributed by atoms with van der Waals surface area (Å²) in [5, 5.41) is 9.03. The summed E-state index contributed by atoms with van der Waals surface area (Å²) in [6, 6.07) is 5.09. The van der Waals surface area contributed by atoms with E-state index in [1.807, 2.05) is 19.9 Å². The standard InChI is InChI=1S/C14H18N2O2/c1-4-10(8-16-3)13(15)11-5-9(2)6-12(7-11)14(17)18/h5-8H,4,15H2,1-3H3,(H,17,18)/b13-10-,16-8?. The van der Waals surface area contributed by atoms with Crippen LogP contribution in [0.2, 0.25) is 0 Å². The van der Waals surface area contributed by atoms with Crippen molar-refractivity contribution in [3.05, 3.63) is 40.5 Å². The first-order valence-corrected chi connectivity index (χ1v) is 5.75. The van der Waals surface area contributed by atoms with E-state index in [-0.39, 0.29) is 5.56 Å². The molecule has 0 radical (unpaired) electrons. The van der Waals surface area contributed by atoms with E-state index in [0.29, 0.717) is 5.70 Å². The summed E-state index contributed by atoms with van der Waals surface area (Å²) in [5.41, 5.74) is 9.39. The highest BCUT2D eigenvalue weighted by molar-refractivity contribution is 5.93. The van der Waals surface area contributed by atoms with Crippen molar-refractivity contribution in [2.24, 2.45) is 10.7 Å². The van der Waals surface area contributed by atoms with Crippen molar-refractivity contribution in [2.45, 2.75) is 20.3 Å².